The van der Waals surface area contributed by atoms with Gasteiger partial charge in [0.25, 0.3) is 0 Å². The first-order valence-corrected chi connectivity index (χ1v) is 6.37. The molecule has 0 aliphatic rings. The molecule has 2 N–H and O–H groups in total. The van der Waals surface area contributed by atoms with Crippen LogP contribution in [0.5, 0.6) is 5.75 Å². The quantitative estimate of drug-likeness (QED) is 0.813. The molecule has 2 amide bonds. The number of amides is 2. The van der Waals surface area contributed by atoms with Gasteiger partial charge in [-0.3, -0.25) is 0 Å². The van der Waals surface area contributed by atoms with Crippen molar-refractivity contribution in [2.75, 3.05) is 14.2 Å². The highest BCUT2D eigenvalue weighted by Crippen LogP contribution is 2.19. The third kappa shape index (κ3) is 2.34. The monoisotopic (exact) mass is 277 g/mol. The predicted octanol–water partition coefficient (Wildman–Crippen LogP) is 0.753. The summed E-state index contributed by atoms with van der Waals surface area (Å²) in [6.07, 6.45) is 0. The molecule has 0 radical (unpaired) electrons. The van der Waals surface area contributed by atoms with E-state index in [1.165, 1.54) is 0 Å². The minimum absolute atomic E-state index is 0.351. The topological polar surface area (TPSA) is 72.6 Å². The highest BCUT2D eigenvalue weighted by atomic mass is 16.5. The maximum absolute atomic E-state index is 11.3. The number of aryl methyl sites for hydroxylation is 2. The number of carbonyl (C=O) groups is 1. The van der Waals surface area contributed by atoms with Crippen molar-refractivity contribution in [3.63, 3.8) is 0 Å². The number of aromatic nitrogens is 2. The third-order valence-corrected chi connectivity index (χ3v) is 3.18. The largest absolute Gasteiger partial charge is 0.497 e. The van der Waals surface area contributed by atoms with Crippen molar-refractivity contribution in [2.45, 2.75) is 13.5 Å². The van der Waals surface area contributed by atoms with Crippen LogP contribution in [0.3, 0.4) is 0 Å². The predicted molar refractivity (Wildman–Crippen MR) is 76.3 cm³/mol. The normalized spacial score (nSPS) is 11.7. The minimum Gasteiger partial charge on any atom is -0.497 e. The summed E-state index contributed by atoms with van der Waals surface area (Å²) < 4.78 is 9.19. The molecule has 2 rings (SSSR count). The number of nitrogens with one attached hydrogen (secondary N) is 2. The summed E-state index contributed by atoms with van der Waals surface area (Å²) >= 11 is 0. The van der Waals surface area contributed by atoms with E-state index in [0.717, 1.165) is 23.3 Å². The van der Waals surface area contributed by atoms with E-state index in [9.17, 15) is 4.79 Å². The SMILES string of the molecule is CCn1/c(=N\NC(=O)NC)n(C)c2ccc(OC)cc21. The highest BCUT2D eigenvalue weighted by molar-refractivity contribution is 5.78. The molecule has 0 atom stereocenters. The van der Waals surface area contributed by atoms with Gasteiger partial charge in [-0.05, 0) is 19.1 Å². The van der Waals surface area contributed by atoms with Crippen molar-refractivity contribution in [3.05, 3.63) is 23.8 Å². The Morgan fingerprint density at radius 3 is 2.75 bits per heavy atom. The fraction of sp³-hybridized carbons (Fsp3) is 0.385. The summed E-state index contributed by atoms with van der Waals surface area (Å²) in [4.78, 5) is 11.3. The van der Waals surface area contributed by atoms with Crippen molar-refractivity contribution in [2.24, 2.45) is 12.1 Å². The average Bonchev–Trinajstić information content (AvgIpc) is 2.75. The van der Waals surface area contributed by atoms with Crippen molar-refractivity contribution in [1.29, 1.82) is 0 Å². The molecule has 0 aliphatic carbocycles. The Labute approximate surface area is 116 Å². The smallest absolute Gasteiger partial charge is 0.335 e. The van der Waals surface area contributed by atoms with Gasteiger partial charge in [0, 0.05) is 26.7 Å². The van der Waals surface area contributed by atoms with Crippen LogP contribution in [0.4, 0.5) is 4.79 Å². The van der Waals surface area contributed by atoms with Gasteiger partial charge in [-0.2, -0.15) is 0 Å². The second-order valence-corrected chi connectivity index (χ2v) is 4.26. The Bertz CT molecular complexity index is 699. The number of carbonyl (C=O) groups excluding carboxylic acids is 1. The van der Waals surface area contributed by atoms with Crippen molar-refractivity contribution < 1.29 is 9.53 Å². The molecule has 0 saturated heterocycles. The molecule has 0 spiro atoms. The highest BCUT2D eigenvalue weighted by Gasteiger charge is 2.09. The van der Waals surface area contributed by atoms with E-state index >= 15 is 0 Å². The summed E-state index contributed by atoms with van der Waals surface area (Å²) in [5.41, 5.74) is 5.15. The zero-order chi connectivity index (χ0) is 14.7. The van der Waals surface area contributed by atoms with E-state index in [2.05, 4.69) is 15.8 Å². The second-order valence-electron chi connectivity index (χ2n) is 4.26. The van der Waals surface area contributed by atoms with Crippen LogP contribution in [0, 0.1) is 0 Å². The lowest BCUT2D eigenvalue weighted by molar-refractivity contribution is 0.242. The standard InChI is InChI=1S/C13H19N5O2/c1-5-18-11-8-9(20-4)6-7-10(11)17(3)13(18)16-15-12(19)14-2/h6-8H,5H2,1-4H3,(H2,14,15,19)/b16-13-. The van der Waals surface area contributed by atoms with E-state index in [-0.39, 0.29) is 6.03 Å². The van der Waals surface area contributed by atoms with Gasteiger partial charge in [0.2, 0.25) is 5.62 Å². The molecule has 1 aromatic carbocycles. The van der Waals surface area contributed by atoms with Crippen LogP contribution in [0.1, 0.15) is 6.92 Å². The zero-order valence-electron chi connectivity index (χ0n) is 12.1. The number of rotatable bonds is 3. The van der Waals surface area contributed by atoms with Crippen LogP contribution in [0.25, 0.3) is 11.0 Å². The zero-order valence-corrected chi connectivity index (χ0v) is 12.1. The lowest BCUT2D eigenvalue weighted by Crippen LogP contribution is -2.34. The Morgan fingerprint density at radius 1 is 1.40 bits per heavy atom. The number of hydrogen-bond donors (Lipinski definition) is 2. The van der Waals surface area contributed by atoms with Gasteiger partial charge in [-0.25, -0.2) is 10.2 Å². The van der Waals surface area contributed by atoms with Gasteiger partial charge in [0.1, 0.15) is 5.75 Å². The van der Waals surface area contributed by atoms with Crippen LogP contribution < -0.4 is 21.1 Å². The first-order chi connectivity index (χ1) is 9.62. The number of urea groups is 1. The fourth-order valence-electron chi connectivity index (χ4n) is 2.13. The van der Waals surface area contributed by atoms with Gasteiger partial charge in [-0.1, -0.05) is 0 Å². The van der Waals surface area contributed by atoms with Crippen LogP contribution in [-0.2, 0) is 13.6 Å². The first-order valence-electron chi connectivity index (χ1n) is 6.37. The average molecular weight is 277 g/mol. The van der Waals surface area contributed by atoms with Crippen LogP contribution in [0.15, 0.2) is 23.3 Å². The van der Waals surface area contributed by atoms with E-state index in [0.29, 0.717) is 5.62 Å². The van der Waals surface area contributed by atoms with Crippen LogP contribution in [0.2, 0.25) is 0 Å². The third-order valence-electron chi connectivity index (χ3n) is 3.18. The lowest BCUT2D eigenvalue weighted by atomic mass is 10.3. The van der Waals surface area contributed by atoms with Gasteiger partial charge in [-0.15, -0.1) is 5.10 Å². The lowest BCUT2D eigenvalue weighted by Gasteiger charge is -2.02. The molecule has 0 saturated carbocycles. The summed E-state index contributed by atoms with van der Waals surface area (Å²) in [6.45, 7) is 2.76. The summed E-state index contributed by atoms with van der Waals surface area (Å²) in [5, 5.41) is 6.62. The molecule has 108 valence electrons. The van der Waals surface area contributed by atoms with E-state index in [1.54, 1.807) is 14.2 Å². The molecule has 0 aliphatic heterocycles. The molecular weight excluding hydrogens is 258 g/mol. The Kier molecular flexibility index (Phi) is 3.97. The minimum atomic E-state index is -0.351. The maximum atomic E-state index is 11.3. The van der Waals surface area contributed by atoms with Crippen molar-refractivity contribution >= 4 is 17.1 Å². The molecule has 0 bridgehead atoms. The summed E-state index contributed by atoms with van der Waals surface area (Å²) in [6, 6.07) is 5.48. The van der Waals surface area contributed by atoms with E-state index < -0.39 is 0 Å². The Morgan fingerprint density at radius 2 is 2.15 bits per heavy atom. The van der Waals surface area contributed by atoms with E-state index in [4.69, 9.17) is 4.74 Å². The number of imidazole rings is 1. The molecule has 7 heteroatoms. The van der Waals surface area contributed by atoms with Gasteiger partial charge in [0.15, 0.2) is 0 Å². The van der Waals surface area contributed by atoms with Gasteiger partial charge >= 0.3 is 6.03 Å². The number of fused-ring (bicyclic) bond motifs is 1. The molecule has 20 heavy (non-hydrogen) atoms. The van der Waals surface area contributed by atoms with Crippen LogP contribution in [-0.4, -0.2) is 29.3 Å². The number of methoxy groups -OCH3 is 1. The molecule has 1 aromatic heterocycles. The number of ether oxygens (including phenoxy) is 1. The van der Waals surface area contributed by atoms with Crippen molar-refractivity contribution in [1.82, 2.24) is 19.9 Å². The summed E-state index contributed by atoms with van der Waals surface area (Å²) in [5.74, 6) is 0.788. The first kappa shape index (κ1) is 14.0. The number of hydrogen-bond acceptors (Lipinski definition) is 3. The second kappa shape index (κ2) is 5.68. The molecule has 7 nitrogen and oxygen atoms in total. The Balaban J connectivity index is 2.65. The molecule has 0 fully saturated rings. The summed E-state index contributed by atoms with van der Waals surface area (Å²) in [7, 11) is 5.09. The number of benzene rings is 1. The van der Waals surface area contributed by atoms with E-state index in [1.807, 2.05) is 41.3 Å². The molecule has 0 unspecified atom stereocenters. The Hall–Kier alpha value is -2.44. The maximum Gasteiger partial charge on any atom is 0.335 e. The van der Waals surface area contributed by atoms with Gasteiger partial charge in [0.05, 0.1) is 18.1 Å². The van der Waals surface area contributed by atoms with Gasteiger partial charge < -0.3 is 19.2 Å². The number of nitrogens with zero attached hydrogens (tertiary/aromatic N) is 3. The molecular formula is C13H19N5O2. The molecule has 1 heterocycles. The molecule has 2 aromatic rings. The van der Waals surface area contributed by atoms with Crippen molar-refractivity contribution in [3.8, 4) is 5.75 Å². The fourth-order valence-corrected chi connectivity index (χ4v) is 2.13. The van der Waals surface area contributed by atoms with Crippen LogP contribution >= 0.6 is 0 Å².